The fourth-order valence-electron chi connectivity index (χ4n) is 2.73. The normalized spacial score (nSPS) is 19.3. The predicted octanol–water partition coefficient (Wildman–Crippen LogP) is 3.31. The fourth-order valence-corrected chi connectivity index (χ4v) is 3.53. The van der Waals surface area contributed by atoms with E-state index in [1.807, 2.05) is 4.90 Å². The SMILES string of the molecule is CC(C)(C)c1ccc(SCC(=O)N2CCCC(CO)C2)cc1. The van der Waals surface area contributed by atoms with Crippen molar-refractivity contribution in [1.82, 2.24) is 4.90 Å². The van der Waals surface area contributed by atoms with Gasteiger partial charge >= 0.3 is 0 Å². The summed E-state index contributed by atoms with van der Waals surface area (Å²) in [6, 6.07) is 8.50. The molecule has 1 heterocycles. The second-order valence-electron chi connectivity index (χ2n) is 7.09. The number of likely N-dealkylation sites (tertiary alicyclic amines) is 1. The topological polar surface area (TPSA) is 40.5 Å². The van der Waals surface area contributed by atoms with Gasteiger partial charge in [0.25, 0.3) is 0 Å². The summed E-state index contributed by atoms with van der Waals surface area (Å²) >= 11 is 1.60. The van der Waals surface area contributed by atoms with Crippen molar-refractivity contribution >= 4 is 17.7 Å². The van der Waals surface area contributed by atoms with E-state index in [4.69, 9.17) is 0 Å². The highest BCUT2D eigenvalue weighted by molar-refractivity contribution is 8.00. The van der Waals surface area contributed by atoms with Gasteiger partial charge in [-0.1, -0.05) is 32.9 Å². The van der Waals surface area contributed by atoms with Crippen molar-refractivity contribution in [2.45, 2.75) is 43.9 Å². The molecular formula is C18H27NO2S. The molecule has 0 aromatic heterocycles. The van der Waals surface area contributed by atoms with Crippen LogP contribution >= 0.6 is 11.8 Å². The van der Waals surface area contributed by atoms with Crippen LogP contribution in [-0.4, -0.2) is 41.4 Å². The summed E-state index contributed by atoms with van der Waals surface area (Å²) in [7, 11) is 0. The number of hydrogen-bond donors (Lipinski definition) is 1. The maximum Gasteiger partial charge on any atom is 0.232 e. The van der Waals surface area contributed by atoms with Crippen LogP contribution in [0.4, 0.5) is 0 Å². The number of thioether (sulfide) groups is 1. The Labute approximate surface area is 138 Å². The van der Waals surface area contributed by atoms with Crippen LogP contribution < -0.4 is 0 Å². The van der Waals surface area contributed by atoms with E-state index in [9.17, 15) is 9.90 Å². The molecule has 0 spiro atoms. The number of nitrogens with zero attached hydrogens (tertiary/aromatic N) is 1. The zero-order chi connectivity index (χ0) is 16.2. The van der Waals surface area contributed by atoms with Gasteiger partial charge in [0.05, 0.1) is 5.75 Å². The molecule has 0 bridgehead atoms. The summed E-state index contributed by atoms with van der Waals surface area (Å²) in [5.74, 6) is 0.921. The maximum absolute atomic E-state index is 12.3. The van der Waals surface area contributed by atoms with Gasteiger partial charge in [-0.2, -0.15) is 0 Å². The Hall–Kier alpha value is -1.00. The van der Waals surface area contributed by atoms with Gasteiger partial charge in [0, 0.05) is 24.6 Å². The van der Waals surface area contributed by atoms with Gasteiger partial charge in [-0.05, 0) is 41.9 Å². The lowest BCUT2D eigenvalue weighted by Crippen LogP contribution is -2.41. The number of amides is 1. The summed E-state index contributed by atoms with van der Waals surface area (Å²) in [6.07, 6.45) is 2.03. The summed E-state index contributed by atoms with van der Waals surface area (Å²) in [4.78, 5) is 15.3. The van der Waals surface area contributed by atoms with Crippen molar-refractivity contribution < 1.29 is 9.90 Å². The van der Waals surface area contributed by atoms with Crippen molar-refractivity contribution in [3.05, 3.63) is 29.8 Å². The van der Waals surface area contributed by atoms with Crippen LogP contribution in [0.15, 0.2) is 29.2 Å². The Bertz CT molecular complexity index is 493. The van der Waals surface area contributed by atoms with E-state index in [1.54, 1.807) is 11.8 Å². The zero-order valence-corrected chi connectivity index (χ0v) is 14.7. The average molecular weight is 321 g/mol. The second kappa shape index (κ2) is 7.51. The lowest BCUT2D eigenvalue weighted by atomic mass is 9.87. The van der Waals surface area contributed by atoms with E-state index in [-0.39, 0.29) is 23.8 Å². The first-order valence-corrected chi connectivity index (χ1v) is 9.00. The third-order valence-corrected chi connectivity index (χ3v) is 5.21. The van der Waals surface area contributed by atoms with Gasteiger partial charge in [0.1, 0.15) is 0 Å². The molecule has 1 saturated heterocycles. The van der Waals surface area contributed by atoms with Crippen LogP contribution in [0, 0.1) is 5.92 Å². The minimum atomic E-state index is 0.159. The molecule has 1 aromatic carbocycles. The molecule has 1 aromatic rings. The molecule has 1 aliphatic heterocycles. The number of carbonyl (C=O) groups excluding carboxylic acids is 1. The van der Waals surface area contributed by atoms with E-state index in [0.29, 0.717) is 12.3 Å². The molecule has 1 aliphatic rings. The van der Waals surface area contributed by atoms with Crippen molar-refractivity contribution in [2.75, 3.05) is 25.4 Å². The Morgan fingerprint density at radius 1 is 1.32 bits per heavy atom. The molecule has 1 atom stereocenters. The minimum Gasteiger partial charge on any atom is -0.396 e. The first-order valence-electron chi connectivity index (χ1n) is 8.02. The van der Waals surface area contributed by atoms with Gasteiger partial charge in [-0.15, -0.1) is 11.8 Å². The highest BCUT2D eigenvalue weighted by Gasteiger charge is 2.23. The van der Waals surface area contributed by atoms with Gasteiger partial charge in [0.2, 0.25) is 5.91 Å². The summed E-state index contributed by atoms with van der Waals surface area (Å²) in [5.41, 5.74) is 1.47. The largest absolute Gasteiger partial charge is 0.396 e. The van der Waals surface area contributed by atoms with Crippen LogP contribution in [0.5, 0.6) is 0 Å². The highest BCUT2D eigenvalue weighted by Crippen LogP contribution is 2.26. The summed E-state index contributed by atoms with van der Waals surface area (Å²) in [5, 5.41) is 9.25. The molecule has 22 heavy (non-hydrogen) atoms. The van der Waals surface area contributed by atoms with Crippen molar-refractivity contribution in [1.29, 1.82) is 0 Å². The predicted molar refractivity (Wildman–Crippen MR) is 92.3 cm³/mol. The first-order chi connectivity index (χ1) is 10.4. The second-order valence-corrected chi connectivity index (χ2v) is 8.14. The molecule has 1 amide bonds. The lowest BCUT2D eigenvalue weighted by molar-refractivity contribution is -0.130. The fraction of sp³-hybridized carbons (Fsp3) is 0.611. The number of carbonyl (C=O) groups is 1. The van der Waals surface area contributed by atoms with Crippen molar-refractivity contribution in [2.24, 2.45) is 5.92 Å². The molecule has 2 rings (SSSR count). The number of aliphatic hydroxyl groups is 1. The van der Waals surface area contributed by atoms with Crippen LogP contribution in [0.1, 0.15) is 39.2 Å². The van der Waals surface area contributed by atoms with Gasteiger partial charge in [0.15, 0.2) is 0 Å². The molecule has 4 heteroatoms. The average Bonchev–Trinajstić information content (AvgIpc) is 2.52. The highest BCUT2D eigenvalue weighted by atomic mass is 32.2. The maximum atomic E-state index is 12.3. The molecular weight excluding hydrogens is 294 g/mol. The van der Waals surface area contributed by atoms with E-state index in [1.165, 1.54) is 5.56 Å². The number of piperidine rings is 1. The van der Waals surface area contributed by atoms with E-state index < -0.39 is 0 Å². The molecule has 0 saturated carbocycles. The minimum absolute atomic E-state index is 0.159. The lowest BCUT2D eigenvalue weighted by Gasteiger charge is -2.31. The Kier molecular flexibility index (Phi) is 5.93. The van der Waals surface area contributed by atoms with Gasteiger partial charge in [-0.3, -0.25) is 4.79 Å². The van der Waals surface area contributed by atoms with E-state index >= 15 is 0 Å². The van der Waals surface area contributed by atoms with Crippen molar-refractivity contribution in [3.8, 4) is 0 Å². The van der Waals surface area contributed by atoms with E-state index in [2.05, 4.69) is 45.0 Å². The van der Waals surface area contributed by atoms with E-state index in [0.717, 1.165) is 24.3 Å². The molecule has 0 aliphatic carbocycles. The molecule has 1 N–H and O–H groups in total. The number of hydrogen-bond acceptors (Lipinski definition) is 3. The Morgan fingerprint density at radius 2 is 2.00 bits per heavy atom. The smallest absolute Gasteiger partial charge is 0.232 e. The van der Waals surface area contributed by atoms with Crippen molar-refractivity contribution in [3.63, 3.8) is 0 Å². The number of aliphatic hydroxyl groups excluding tert-OH is 1. The van der Waals surface area contributed by atoms with Crippen LogP contribution in [0.2, 0.25) is 0 Å². The number of rotatable bonds is 4. The molecule has 122 valence electrons. The third-order valence-electron chi connectivity index (χ3n) is 4.21. The molecule has 3 nitrogen and oxygen atoms in total. The molecule has 1 unspecified atom stereocenters. The van der Waals surface area contributed by atoms with Crippen LogP contribution in [0.3, 0.4) is 0 Å². The first kappa shape index (κ1) is 17.4. The quantitative estimate of drug-likeness (QED) is 0.865. The standard InChI is InChI=1S/C18H27NO2S/c1-18(2,3)15-6-8-16(9-7-15)22-13-17(21)19-10-4-5-14(11-19)12-20/h6-9,14,20H,4-5,10-13H2,1-3H3. The number of benzene rings is 1. The Balaban J connectivity index is 1.86. The Morgan fingerprint density at radius 3 is 2.59 bits per heavy atom. The summed E-state index contributed by atoms with van der Waals surface area (Å²) < 4.78 is 0. The summed E-state index contributed by atoms with van der Waals surface area (Å²) in [6.45, 7) is 8.33. The third kappa shape index (κ3) is 4.75. The van der Waals surface area contributed by atoms with Crippen LogP contribution in [0.25, 0.3) is 0 Å². The molecule has 0 radical (unpaired) electrons. The zero-order valence-electron chi connectivity index (χ0n) is 13.8. The van der Waals surface area contributed by atoms with Gasteiger partial charge < -0.3 is 10.0 Å². The molecule has 1 fully saturated rings. The van der Waals surface area contributed by atoms with Crippen LogP contribution in [-0.2, 0) is 10.2 Å². The van der Waals surface area contributed by atoms with Gasteiger partial charge in [-0.25, -0.2) is 0 Å². The monoisotopic (exact) mass is 321 g/mol.